The highest BCUT2D eigenvalue weighted by Crippen LogP contribution is 2.10. The Morgan fingerprint density at radius 1 is 1.53 bits per heavy atom. The van der Waals surface area contributed by atoms with Gasteiger partial charge in [0, 0.05) is 24.1 Å². The topological polar surface area (TPSA) is 43.1 Å². The summed E-state index contributed by atoms with van der Waals surface area (Å²) in [6, 6.07) is 4.00. The summed E-state index contributed by atoms with van der Waals surface area (Å²) in [6.07, 6.45) is 0.564. The Hall–Kier alpha value is -1.66. The van der Waals surface area contributed by atoms with Crippen LogP contribution in [0.4, 0.5) is 4.39 Å². The quantitative estimate of drug-likeness (QED) is 0.590. The molecule has 1 rings (SSSR count). The molecule has 0 unspecified atom stereocenters. The lowest BCUT2D eigenvalue weighted by Crippen LogP contribution is -1.98. The van der Waals surface area contributed by atoms with E-state index in [0.29, 0.717) is 24.1 Å². The number of benzene rings is 1. The second-order valence-corrected chi connectivity index (χ2v) is 3.09. The van der Waals surface area contributed by atoms with Crippen molar-refractivity contribution in [2.75, 3.05) is 6.54 Å². The Morgan fingerprint density at radius 3 is 2.87 bits per heavy atom. The summed E-state index contributed by atoms with van der Waals surface area (Å²) in [5.74, 6) is 5.01. The van der Waals surface area contributed by atoms with Crippen LogP contribution in [0, 0.1) is 17.7 Å². The van der Waals surface area contributed by atoms with Crippen LogP contribution in [-0.4, -0.2) is 12.3 Å². The molecule has 78 valence electrons. The van der Waals surface area contributed by atoms with E-state index in [9.17, 15) is 9.18 Å². The van der Waals surface area contributed by atoms with Gasteiger partial charge < -0.3 is 5.73 Å². The number of hydrogen-bond donors (Lipinski definition) is 1. The van der Waals surface area contributed by atoms with Crippen molar-refractivity contribution >= 4 is 5.78 Å². The first kappa shape index (κ1) is 11.4. The van der Waals surface area contributed by atoms with Crippen LogP contribution in [0.25, 0.3) is 0 Å². The van der Waals surface area contributed by atoms with Crippen LogP contribution in [0.3, 0.4) is 0 Å². The van der Waals surface area contributed by atoms with Crippen LogP contribution < -0.4 is 5.73 Å². The molecule has 1 aromatic carbocycles. The summed E-state index contributed by atoms with van der Waals surface area (Å²) >= 11 is 0. The minimum Gasteiger partial charge on any atom is -0.330 e. The van der Waals surface area contributed by atoms with Crippen molar-refractivity contribution in [2.45, 2.75) is 13.3 Å². The molecule has 0 amide bonds. The Balaban J connectivity index is 3.08. The third-order valence-corrected chi connectivity index (χ3v) is 1.85. The van der Waals surface area contributed by atoms with Gasteiger partial charge in [-0.15, -0.1) is 0 Å². The number of ketones is 1. The van der Waals surface area contributed by atoms with E-state index in [0.717, 1.165) is 0 Å². The highest BCUT2D eigenvalue weighted by molar-refractivity contribution is 5.96. The lowest BCUT2D eigenvalue weighted by atomic mass is 10.0. The van der Waals surface area contributed by atoms with E-state index in [1.54, 1.807) is 0 Å². The first-order chi connectivity index (χ1) is 7.15. The monoisotopic (exact) mass is 205 g/mol. The van der Waals surface area contributed by atoms with E-state index in [4.69, 9.17) is 5.73 Å². The number of rotatable bonds is 2. The Labute approximate surface area is 88.3 Å². The maximum absolute atomic E-state index is 12.9. The number of carbonyl (C=O) groups is 1. The van der Waals surface area contributed by atoms with Crippen molar-refractivity contribution in [3.63, 3.8) is 0 Å². The molecule has 0 aliphatic rings. The van der Waals surface area contributed by atoms with Crippen molar-refractivity contribution in [1.29, 1.82) is 0 Å². The summed E-state index contributed by atoms with van der Waals surface area (Å²) in [6.45, 7) is 1.87. The molecule has 0 heterocycles. The van der Waals surface area contributed by atoms with Crippen LogP contribution >= 0.6 is 0 Å². The minimum atomic E-state index is -0.426. The maximum Gasteiger partial charge on any atom is 0.161 e. The van der Waals surface area contributed by atoms with E-state index in [2.05, 4.69) is 11.8 Å². The second kappa shape index (κ2) is 5.28. The number of nitrogens with two attached hydrogens (primary N) is 1. The smallest absolute Gasteiger partial charge is 0.161 e. The molecule has 0 bridgehead atoms. The molecule has 0 aliphatic heterocycles. The van der Waals surface area contributed by atoms with Crippen LogP contribution in [0.15, 0.2) is 18.2 Å². The zero-order valence-electron chi connectivity index (χ0n) is 8.51. The average molecular weight is 205 g/mol. The fraction of sp³-hybridized carbons (Fsp3) is 0.250. The maximum atomic E-state index is 12.9. The van der Waals surface area contributed by atoms with Gasteiger partial charge in [-0.25, -0.2) is 4.39 Å². The van der Waals surface area contributed by atoms with Crippen LogP contribution in [0.1, 0.15) is 29.3 Å². The molecular formula is C12H12FNO. The summed E-state index contributed by atoms with van der Waals surface area (Å²) in [7, 11) is 0. The molecule has 2 nitrogen and oxygen atoms in total. The molecule has 1 aromatic rings. The molecule has 0 atom stereocenters. The van der Waals surface area contributed by atoms with Gasteiger partial charge >= 0.3 is 0 Å². The summed E-state index contributed by atoms with van der Waals surface area (Å²) in [4.78, 5) is 11.2. The highest BCUT2D eigenvalue weighted by atomic mass is 19.1. The van der Waals surface area contributed by atoms with E-state index in [-0.39, 0.29) is 5.78 Å². The predicted molar refractivity (Wildman–Crippen MR) is 57.0 cm³/mol. The van der Waals surface area contributed by atoms with Gasteiger partial charge in [-0.2, -0.15) is 0 Å². The number of Topliss-reactive ketones (excluding diaryl/α,β-unsaturated/α-hetero) is 1. The molecule has 0 saturated carbocycles. The van der Waals surface area contributed by atoms with E-state index in [1.165, 1.54) is 25.1 Å². The molecule has 0 radical (unpaired) electrons. The Morgan fingerprint density at radius 2 is 2.27 bits per heavy atom. The molecule has 2 N–H and O–H groups in total. The second-order valence-electron chi connectivity index (χ2n) is 3.09. The van der Waals surface area contributed by atoms with Gasteiger partial charge in [0.2, 0.25) is 0 Å². The molecular weight excluding hydrogens is 193 g/mol. The molecule has 0 spiro atoms. The minimum absolute atomic E-state index is 0.188. The van der Waals surface area contributed by atoms with Crippen molar-refractivity contribution in [1.82, 2.24) is 0 Å². The third-order valence-electron chi connectivity index (χ3n) is 1.85. The van der Waals surface area contributed by atoms with Gasteiger partial charge in [-0.05, 0) is 25.1 Å². The SMILES string of the molecule is CC(=O)c1cc(F)ccc1C#CCCN. The molecule has 3 heteroatoms. The first-order valence-corrected chi connectivity index (χ1v) is 4.64. The predicted octanol–water partition coefficient (Wildman–Crippen LogP) is 1.73. The van der Waals surface area contributed by atoms with Gasteiger partial charge in [0.1, 0.15) is 5.82 Å². The van der Waals surface area contributed by atoms with Crippen LogP contribution in [-0.2, 0) is 0 Å². The largest absolute Gasteiger partial charge is 0.330 e. The third kappa shape index (κ3) is 3.19. The van der Waals surface area contributed by atoms with Gasteiger partial charge in [0.05, 0.1) is 0 Å². The molecule has 0 fully saturated rings. The van der Waals surface area contributed by atoms with Gasteiger partial charge in [-0.1, -0.05) is 11.8 Å². The number of halogens is 1. The summed E-state index contributed by atoms with van der Waals surface area (Å²) in [5.41, 5.74) is 6.16. The molecule has 0 saturated heterocycles. The molecule has 15 heavy (non-hydrogen) atoms. The van der Waals surface area contributed by atoms with Crippen molar-refractivity contribution in [2.24, 2.45) is 5.73 Å². The van der Waals surface area contributed by atoms with Crippen molar-refractivity contribution in [3.8, 4) is 11.8 Å². The number of hydrogen-bond acceptors (Lipinski definition) is 2. The normalized spacial score (nSPS) is 9.27. The molecule has 0 aliphatic carbocycles. The van der Waals surface area contributed by atoms with E-state index >= 15 is 0 Å². The van der Waals surface area contributed by atoms with Crippen LogP contribution in [0.5, 0.6) is 0 Å². The zero-order chi connectivity index (χ0) is 11.3. The van der Waals surface area contributed by atoms with Crippen molar-refractivity contribution in [3.05, 3.63) is 35.1 Å². The van der Waals surface area contributed by atoms with Gasteiger partial charge in [0.25, 0.3) is 0 Å². The van der Waals surface area contributed by atoms with Crippen LogP contribution in [0.2, 0.25) is 0 Å². The van der Waals surface area contributed by atoms with Gasteiger partial charge in [0.15, 0.2) is 5.78 Å². The fourth-order valence-electron chi connectivity index (χ4n) is 1.15. The van der Waals surface area contributed by atoms with E-state index < -0.39 is 5.82 Å². The average Bonchev–Trinajstić information content (AvgIpc) is 2.20. The number of carbonyl (C=O) groups excluding carboxylic acids is 1. The molecule has 0 aromatic heterocycles. The highest BCUT2D eigenvalue weighted by Gasteiger charge is 2.06. The van der Waals surface area contributed by atoms with Gasteiger partial charge in [-0.3, -0.25) is 4.79 Å². The lowest BCUT2D eigenvalue weighted by molar-refractivity contribution is 0.101. The summed E-state index contributed by atoms with van der Waals surface area (Å²) in [5, 5.41) is 0. The van der Waals surface area contributed by atoms with Crippen molar-refractivity contribution < 1.29 is 9.18 Å². The lowest BCUT2D eigenvalue weighted by Gasteiger charge is -1.99. The Bertz CT molecular complexity index is 429. The first-order valence-electron chi connectivity index (χ1n) is 4.64. The zero-order valence-corrected chi connectivity index (χ0v) is 8.51. The summed E-state index contributed by atoms with van der Waals surface area (Å²) < 4.78 is 12.9. The fourth-order valence-corrected chi connectivity index (χ4v) is 1.15. The van der Waals surface area contributed by atoms with E-state index in [1.807, 2.05) is 0 Å². The Kier molecular flexibility index (Phi) is 4.02. The standard InChI is InChI=1S/C12H12FNO/c1-9(15)12-8-11(13)6-5-10(12)4-2-3-7-14/h5-6,8H,3,7,14H2,1H3.